The largest absolute Gasteiger partial charge is 0.369 e. The highest BCUT2D eigenvalue weighted by Gasteiger charge is 2.20. The van der Waals surface area contributed by atoms with Gasteiger partial charge in [0.15, 0.2) is 0 Å². The summed E-state index contributed by atoms with van der Waals surface area (Å²) >= 11 is 0. The van der Waals surface area contributed by atoms with Crippen LogP contribution in [-0.4, -0.2) is 12.0 Å². The first-order valence-electron chi connectivity index (χ1n) is 4.54. The van der Waals surface area contributed by atoms with Gasteiger partial charge in [-0.25, -0.2) is 10.8 Å². The fourth-order valence-corrected chi connectivity index (χ4v) is 1.80. The van der Waals surface area contributed by atoms with Crippen molar-refractivity contribution in [3.63, 3.8) is 0 Å². The van der Waals surface area contributed by atoms with Crippen molar-refractivity contribution in [1.29, 1.82) is 0 Å². The van der Waals surface area contributed by atoms with Crippen molar-refractivity contribution in [2.75, 3.05) is 0 Å². The quantitative estimate of drug-likeness (QED) is 0.242. The Balaban J connectivity index is 2.40. The van der Waals surface area contributed by atoms with Crippen molar-refractivity contribution in [2.45, 2.75) is 38.6 Å². The molecule has 1 atom stereocenters. The Kier molecular flexibility index (Phi) is 3.34. The summed E-state index contributed by atoms with van der Waals surface area (Å²) < 4.78 is 0. The molecule has 0 radical (unpaired) electrons. The monoisotopic (exact) mass is 170 g/mol. The van der Waals surface area contributed by atoms with Crippen LogP contribution in [0.5, 0.6) is 0 Å². The van der Waals surface area contributed by atoms with E-state index in [0.29, 0.717) is 17.9 Å². The Hall–Kier alpha value is -0.770. The molecular weight excluding hydrogens is 152 g/mol. The van der Waals surface area contributed by atoms with Gasteiger partial charge in [0.05, 0.1) is 6.04 Å². The number of rotatable bonds is 2. The molecule has 1 saturated carbocycles. The molecule has 0 spiro atoms. The predicted molar refractivity (Wildman–Crippen MR) is 50.4 cm³/mol. The van der Waals surface area contributed by atoms with E-state index in [1.165, 1.54) is 25.7 Å². The average Bonchev–Trinajstić information content (AvgIpc) is 2.56. The average molecular weight is 170 g/mol. The third-order valence-electron chi connectivity index (χ3n) is 2.57. The molecule has 5 N–H and O–H groups in total. The summed E-state index contributed by atoms with van der Waals surface area (Å²) in [6.45, 7) is 2.10. The van der Waals surface area contributed by atoms with Gasteiger partial charge in [-0.05, 0) is 25.7 Å². The van der Waals surface area contributed by atoms with Gasteiger partial charge >= 0.3 is 0 Å². The molecule has 0 bridgehead atoms. The maximum absolute atomic E-state index is 5.46. The lowest BCUT2D eigenvalue weighted by Crippen LogP contribution is -2.38. The molecule has 4 heteroatoms. The van der Waals surface area contributed by atoms with Crippen LogP contribution >= 0.6 is 0 Å². The molecule has 0 saturated heterocycles. The Labute approximate surface area is 73.4 Å². The lowest BCUT2D eigenvalue weighted by Gasteiger charge is -2.14. The van der Waals surface area contributed by atoms with E-state index in [1.807, 2.05) is 0 Å². The van der Waals surface area contributed by atoms with Crippen LogP contribution in [0.25, 0.3) is 0 Å². The van der Waals surface area contributed by atoms with Crippen molar-refractivity contribution >= 4 is 5.96 Å². The Morgan fingerprint density at radius 3 is 2.58 bits per heavy atom. The van der Waals surface area contributed by atoms with E-state index >= 15 is 0 Å². The van der Waals surface area contributed by atoms with Crippen molar-refractivity contribution < 1.29 is 0 Å². The molecule has 0 amide bonds. The Bertz CT molecular complexity index is 160. The van der Waals surface area contributed by atoms with Gasteiger partial charge in [0.25, 0.3) is 0 Å². The number of guanidine groups is 1. The fraction of sp³-hybridized carbons (Fsp3) is 0.875. The lowest BCUT2D eigenvalue weighted by atomic mass is 10.0. The van der Waals surface area contributed by atoms with E-state index in [1.54, 1.807) is 0 Å². The zero-order valence-electron chi connectivity index (χ0n) is 7.59. The van der Waals surface area contributed by atoms with Crippen molar-refractivity contribution in [1.82, 2.24) is 5.43 Å². The summed E-state index contributed by atoms with van der Waals surface area (Å²) in [5.41, 5.74) is 7.80. The highest BCUT2D eigenvalue weighted by atomic mass is 15.3. The maximum Gasteiger partial charge on any atom is 0.203 e. The number of nitrogens with zero attached hydrogens (tertiary/aromatic N) is 1. The molecule has 0 aromatic rings. The van der Waals surface area contributed by atoms with Gasteiger partial charge in [-0.1, -0.05) is 12.8 Å². The standard InChI is InChI=1S/C8H18N4/c1-6(11-8(9)12-10)7-4-2-3-5-7/h6-7H,2-5,10H2,1H3,(H3,9,11,12)/t6-/m1/s1. The minimum absolute atomic E-state index is 0.309. The second kappa shape index (κ2) is 4.30. The van der Waals surface area contributed by atoms with E-state index in [2.05, 4.69) is 17.3 Å². The zero-order chi connectivity index (χ0) is 8.97. The van der Waals surface area contributed by atoms with Gasteiger partial charge in [-0.2, -0.15) is 0 Å². The van der Waals surface area contributed by atoms with Crippen molar-refractivity contribution in [3.8, 4) is 0 Å². The van der Waals surface area contributed by atoms with E-state index in [0.717, 1.165) is 0 Å². The number of nitrogens with one attached hydrogen (secondary N) is 1. The van der Waals surface area contributed by atoms with Gasteiger partial charge in [0.1, 0.15) is 0 Å². The molecule has 0 aromatic carbocycles. The number of hydrazine groups is 1. The molecule has 70 valence electrons. The molecule has 1 fully saturated rings. The lowest BCUT2D eigenvalue weighted by molar-refractivity contribution is 0.458. The summed E-state index contributed by atoms with van der Waals surface area (Å²) in [6.07, 6.45) is 5.23. The molecule has 1 rings (SSSR count). The molecule has 0 aromatic heterocycles. The van der Waals surface area contributed by atoms with E-state index in [-0.39, 0.29) is 0 Å². The topological polar surface area (TPSA) is 76.4 Å². The normalized spacial score (nSPS) is 22.7. The minimum atomic E-state index is 0.309. The molecule has 1 aliphatic carbocycles. The molecule has 0 unspecified atom stereocenters. The number of hydrogen-bond acceptors (Lipinski definition) is 2. The summed E-state index contributed by atoms with van der Waals surface area (Å²) in [7, 11) is 0. The third-order valence-corrected chi connectivity index (χ3v) is 2.57. The van der Waals surface area contributed by atoms with E-state index in [4.69, 9.17) is 11.6 Å². The molecule has 12 heavy (non-hydrogen) atoms. The van der Waals surface area contributed by atoms with Gasteiger partial charge < -0.3 is 5.73 Å². The van der Waals surface area contributed by atoms with Crippen LogP contribution in [0.2, 0.25) is 0 Å². The second-order valence-corrected chi connectivity index (χ2v) is 3.44. The summed E-state index contributed by atoms with van der Waals surface area (Å²) in [4.78, 5) is 4.24. The van der Waals surface area contributed by atoms with Crippen LogP contribution in [-0.2, 0) is 0 Å². The van der Waals surface area contributed by atoms with E-state index < -0.39 is 0 Å². The second-order valence-electron chi connectivity index (χ2n) is 3.44. The van der Waals surface area contributed by atoms with Crippen LogP contribution in [0.1, 0.15) is 32.6 Å². The SMILES string of the molecule is C[C@@H](N=C(N)NN)C1CCCC1. The van der Waals surface area contributed by atoms with Gasteiger partial charge in [0, 0.05) is 0 Å². The zero-order valence-corrected chi connectivity index (χ0v) is 7.59. The van der Waals surface area contributed by atoms with Crippen molar-refractivity contribution in [3.05, 3.63) is 0 Å². The first-order valence-corrected chi connectivity index (χ1v) is 4.54. The first kappa shape index (κ1) is 9.32. The molecule has 4 nitrogen and oxygen atoms in total. The smallest absolute Gasteiger partial charge is 0.203 e. The summed E-state index contributed by atoms with van der Waals surface area (Å²) in [5.74, 6) is 6.16. The van der Waals surface area contributed by atoms with Crippen LogP contribution in [0.3, 0.4) is 0 Å². The number of aliphatic imine (C=N–C) groups is 1. The molecule has 0 heterocycles. The van der Waals surface area contributed by atoms with Crippen LogP contribution in [0.4, 0.5) is 0 Å². The molecular formula is C8H18N4. The summed E-state index contributed by atoms with van der Waals surface area (Å²) in [6, 6.07) is 0.309. The van der Waals surface area contributed by atoms with E-state index in [9.17, 15) is 0 Å². The van der Waals surface area contributed by atoms with Crippen LogP contribution < -0.4 is 17.0 Å². The van der Waals surface area contributed by atoms with Gasteiger partial charge in [-0.3, -0.25) is 5.43 Å². The van der Waals surface area contributed by atoms with Crippen LogP contribution in [0, 0.1) is 5.92 Å². The Morgan fingerprint density at radius 1 is 1.50 bits per heavy atom. The highest BCUT2D eigenvalue weighted by molar-refractivity contribution is 5.77. The number of nitrogens with two attached hydrogens (primary N) is 2. The number of hydrogen-bond donors (Lipinski definition) is 3. The van der Waals surface area contributed by atoms with Crippen LogP contribution in [0.15, 0.2) is 4.99 Å². The Morgan fingerprint density at radius 2 is 2.08 bits per heavy atom. The summed E-state index contributed by atoms with van der Waals surface area (Å²) in [5, 5.41) is 0. The van der Waals surface area contributed by atoms with Gasteiger partial charge in [0.2, 0.25) is 5.96 Å². The molecule has 1 aliphatic rings. The minimum Gasteiger partial charge on any atom is -0.369 e. The van der Waals surface area contributed by atoms with Crippen molar-refractivity contribution in [2.24, 2.45) is 22.5 Å². The maximum atomic E-state index is 5.46. The third kappa shape index (κ3) is 2.37. The predicted octanol–water partition coefficient (Wildman–Crippen LogP) is 0.343. The highest BCUT2D eigenvalue weighted by Crippen LogP contribution is 2.28. The van der Waals surface area contributed by atoms with Gasteiger partial charge in [-0.15, -0.1) is 0 Å². The molecule has 0 aliphatic heterocycles. The first-order chi connectivity index (χ1) is 5.74. The fourth-order valence-electron chi connectivity index (χ4n) is 1.80.